The molecule has 7 heteroatoms. The fourth-order valence-electron chi connectivity index (χ4n) is 4.12. The molecule has 2 atom stereocenters. The lowest BCUT2D eigenvalue weighted by molar-refractivity contribution is -0.120. The molecule has 168 valence electrons. The van der Waals surface area contributed by atoms with Gasteiger partial charge in [-0.25, -0.2) is 8.42 Å². The third-order valence-corrected chi connectivity index (χ3v) is 6.99. The monoisotopic (exact) mass is 443 g/mol. The maximum Gasteiger partial charge on any atom is 0.241 e. The average molecular weight is 444 g/mol. The summed E-state index contributed by atoms with van der Waals surface area (Å²) >= 11 is 0. The van der Waals surface area contributed by atoms with Gasteiger partial charge in [0.2, 0.25) is 15.9 Å². The van der Waals surface area contributed by atoms with Crippen molar-refractivity contribution in [1.29, 1.82) is 0 Å². The van der Waals surface area contributed by atoms with Gasteiger partial charge in [0.1, 0.15) is 6.54 Å². The van der Waals surface area contributed by atoms with Crippen molar-refractivity contribution < 1.29 is 13.2 Å². The molecule has 6 nitrogen and oxygen atoms in total. The first-order chi connectivity index (χ1) is 14.6. The number of carbonyl (C=O) groups excluding carboxylic acids is 1. The van der Waals surface area contributed by atoms with E-state index in [-0.39, 0.29) is 18.5 Å². The van der Waals surface area contributed by atoms with Crippen LogP contribution in [0.3, 0.4) is 0 Å². The number of piperidine rings is 1. The van der Waals surface area contributed by atoms with Crippen molar-refractivity contribution in [2.24, 2.45) is 5.92 Å². The molecular weight excluding hydrogens is 410 g/mol. The maximum atomic E-state index is 12.7. The van der Waals surface area contributed by atoms with Crippen LogP contribution >= 0.6 is 0 Å². The number of nitrogens with one attached hydrogen (secondary N) is 1. The molecule has 0 bridgehead atoms. The van der Waals surface area contributed by atoms with Crippen molar-refractivity contribution in [2.45, 2.75) is 39.7 Å². The first-order valence-corrected chi connectivity index (χ1v) is 12.7. The van der Waals surface area contributed by atoms with Crippen LogP contribution in [0, 0.1) is 12.8 Å². The molecule has 0 saturated carbocycles. The number of rotatable bonds is 7. The molecule has 2 aromatic carbocycles. The number of amides is 1. The number of para-hydroxylation sites is 1. The Morgan fingerprint density at radius 3 is 2.48 bits per heavy atom. The summed E-state index contributed by atoms with van der Waals surface area (Å²) in [5, 5.41) is 2.94. The lowest BCUT2D eigenvalue weighted by atomic mass is 9.99. The van der Waals surface area contributed by atoms with E-state index in [0.717, 1.165) is 34.8 Å². The zero-order valence-corrected chi connectivity index (χ0v) is 19.7. The zero-order chi connectivity index (χ0) is 22.6. The Morgan fingerprint density at radius 2 is 1.87 bits per heavy atom. The van der Waals surface area contributed by atoms with Crippen LogP contribution in [0.15, 0.2) is 48.5 Å². The van der Waals surface area contributed by atoms with Crippen LogP contribution < -0.4 is 14.5 Å². The molecule has 1 fully saturated rings. The summed E-state index contributed by atoms with van der Waals surface area (Å²) < 4.78 is 25.8. The number of aryl methyl sites for hydroxylation is 1. The summed E-state index contributed by atoms with van der Waals surface area (Å²) in [7, 11) is -3.59. The third-order valence-electron chi connectivity index (χ3n) is 5.86. The van der Waals surface area contributed by atoms with E-state index in [1.807, 2.05) is 38.1 Å². The molecule has 0 spiro atoms. The van der Waals surface area contributed by atoms with Gasteiger partial charge in [0.05, 0.1) is 18.0 Å². The van der Waals surface area contributed by atoms with Crippen LogP contribution in [0.2, 0.25) is 0 Å². The molecule has 1 saturated heterocycles. The molecular formula is C24H33N3O3S. The fraction of sp³-hybridized carbons (Fsp3) is 0.458. The lowest BCUT2D eigenvalue weighted by Crippen LogP contribution is -2.41. The lowest BCUT2D eigenvalue weighted by Gasteiger charge is -2.33. The zero-order valence-electron chi connectivity index (χ0n) is 18.8. The second kappa shape index (κ2) is 9.73. The standard InChI is InChI=1S/C24H33N3O3S/c1-18-8-7-15-26(16-18)22-13-11-21(12-14-22)20(3)25-24(28)17-27(31(4,29)30)23-10-6-5-9-19(23)2/h5-6,9-14,18,20H,7-8,15-17H2,1-4H3,(H,25,28)/t18-,20+/m0/s1. The van der Waals surface area contributed by atoms with E-state index in [9.17, 15) is 13.2 Å². The van der Waals surface area contributed by atoms with Gasteiger partial charge in [-0.15, -0.1) is 0 Å². The van der Waals surface area contributed by atoms with Crippen LogP contribution in [0.5, 0.6) is 0 Å². The summed E-state index contributed by atoms with van der Waals surface area (Å²) in [5.41, 5.74) is 3.52. The second-order valence-corrected chi connectivity index (χ2v) is 10.5. The minimum Gasteiger partial charge on any atom is -0.371 e. The van der Waals surface area contributed by atoms with Crippen LogP contribution in [0.4, 0.5) is 11.4 Å². The van der Waals surface area contributed by atoms with Gasteiger partial charge in [-0.2, -0.15) is 0 Å². The highest BCUT2D eigenvalue weighted by Crippen LogP contribution is 2.25. The van der Waals surface area contributed by atoms with E-state index in [4.69, 9.17) is 0 Å². The maximum absolute atomic E-state index is 12.7. The van der Waals surface area contributed by atoms with Crippen LogP contribution in [0.25, 0.3) is 0 Å². The highest BCUT2D eigenvalue weighted by Gasteiger charge is 2.23. The van der Waals surface area contributed by atoms with E-state index in [1.165, 1.54) is 18.5 Å². The Morgan fingerprint density at radius 1 is 1.19 bits per heavy atom. The summed E-state index contributed by atoms with van der Waals surface area (Å²) in [6.07, 6.45) is 3.62. The summed E-state index contributed by atoms with van der Waals surface area (Å²) in [5.74, 6) is 0.368. The van der Waals surface area contributed by atoms with Gasteiger partial charge in [-0.3, -0.25) is 9.10 Å². The number of nitrogens with zero attached hydrogens (tertiary/aromatic N) is 2. The number of sulfonamides is 1. The first-order valence-electron chi connectivity index (χ1n) is 10.8. The van der Waals surface area contributed by atoms with Gasteiger partial charge >= 0.3 is 0 Å². The van der Waals surface area contributed by atoms with Crippen molar-refractivity contribution in [3.05, 3.63) is 59.7 Å². The molecule has 1 heterocycles. The Bertz CT molecular complexity index is 1000. The highest BCUT2D eigenvalue weighted by atomic mass is 32.2. The number of hydrogen-bond donors (Lipinski definition) is 1. The van der Waals surface area contributed by atoms with Crippen LogP contribution in [-0.4, -0.2) is 40.2 Å². The van der Waals surface area contributed by atoms with Gasteiger partial charge in [0, 0.05) is 18.8 Å². The second-order valence-electron chi connectivity index (χ2n) is 8.63. The van der Waals surface area contributed by atoms with Gasteiger partial charge in [0.15, 0.2) is 0 Å². The van der Waals surface area contributed by atoms with Crippen LogP contribution in [-0.2, 0) is 14.8 Å². The first kappa shape index (κ1) is 23.1. The van der Waals surface area contributed by atoms with E-state index in [1.54, 1.807) is 12.1 Å². The molecule has 31 heavy (non-hydrogen) atoms. The Hall–Kier alpha value is -2.54. The SMILES string of the molecule is Cc1ccccc1N(CC(=O)N[C@H](C)c1ccc(N2CCC[C@H](C)C2)cc1)S(C)(=O)=O. The predicted molar refractivity (Wildman–Crippen MR) is 127 cm³/mol. The number of benzene rings is 2. The minimum atomic E-state index is -3.59. The van der Waals surface area contributed by atoms with Gasteiger partial charge in [-0.05, 0) is 61.9 Å². The van der Waals surface area contributed by atoms with Gasteiger partial charge in [0.25, 0.3) is 0 Å². The topological polar surface area (TPSA) is 69.7 Å². The fourth-order valence-corrected chi connectivity index (χ4v) is 5.04. The molecule has 0 aromatic heterocycles. The molecule has 3 rings (SSSR count). The van der Waals surface area contributed by atoms with E-state index < -0.39 is 10.0 Å². The van der Waals surface area contributed by atoms with E-state index in [0.29, 0.717) is 11.6 Å². The van der Waals surface area contributed by atoms with Crippen molar-refractivity contribution in [3.8, 4) is 0 Å². The van der Waals surface area contributed by atoms with Crippen LogP contribution in [0.1, 0.15) is 43.9 Å². The Labute approximate surface area is 186 Å². The molecule has 1 amide bonds. The molecule has 1 N–H and O–H groups in total. The Balaban J connectivity index is 1.66. The van der Waals surface area contributed by atoms with Crippen molar-refractivity contribution in [2.75, 3.05) is 35.1 Å². The summed E-state index contributed by atoms with van der Waals surface area (Å²) in [6, 6.07) is 15.2. The van der Waals surface area contributed by atoms with Gasteiger partial charge in [-0.1, -0.05) is 37.3 Å². The highest BCUT2D eigenvalue weighted by molar-refractivity contribution is 7.92. The predicted octanol–water partition coefficient (Wildman–Crippen LogP) is 3.87. The largest absolute Gasteiger partial charge is 0.371 e. The molecule has 0 unspecified atom stereocenters. The number of anilines is 2. The summed E-state index contributed by atoms with van der Waals surface area (Å²) in [4.78, 5) is 15.1. The van der Waals surface area contributed by atoms with Gasteiger partial charge < -0.3 is 10.2 Å². The molecule has 0 aliphatic carbocycles. The van der Waals surface area contributed by atoms with E-state index in [2.05, 4.69) is 29.3 Å². The normalized spacial score (nSPS) is 17.8. The number of hydrogen-bond acceptors (Lipinski definition) is 4. The third kappa shape index (κ3) is 6.00. The average Bonchev–Trinajstić information content (AvgIpc) is 2.72. The molecule has 0 radical (unpaired) electrons. The number of carbonyl (C=O) groups is 1. The molecule has 1 aliphatic heterocycles. The van der Waals surface area contributed by atoms with E-state index >= 15 is 0 Å². The molecule has 1 aliphatic rings. The smallest absolute Gasteiger partial charge is 0.241 e. The summed E-state index contributed by atoms with van der Waals surface area (Å²) in [6.45, 7) is 7.93. The Kier molecular flexibility index (Phi) is 7.26. The quantitative estimate of drug-likeness (QED) is 0.705. The van der Waals surface area contributed by atoms with Crippen molar-refractivity contribution in [3.63, 3.8) is 0 Å². The molecule has 2 aromatic rings. The minimum absolute atomic E-state index is 0.222. The van der Waals surface area contributed by atoms with Crippen molar-refractivity contribution in [1.82, 2.24) is 5.32 Å². The van der Waals surface area contributed by atoms with Crippen molar-refractivity contribution >= 4 is 27.3 Å².